The highest BCUT2D eigenvalue weighted by Crippen LogP contribution is 2.35. The average Bonchev–Trinajstić information content (AvgIpc) is 2.71. The number of hydrogen-bond donors (Lipinski definition) is 3. The summed E-state index contributed by atoms with van der Waals surface area (Å²) < 4.78 is 0. The van der Waals surface area contributed by atoms with E-state index in [1.54, 1.807) is 24.5 Å². The van der Waals surface area contributed by atoms with E-state index in [4.69, 9.17) is 0 Å². The van der Waals surface area contributed by atoms with Gasteiger partial charge in [-0.15, -0.1) is 0 Å². The molecule has 17 heavy (non-hydrogen) atoms. The number of rotatable bonds is 1. The van der Waals surface area contributed by atoms with Crippen molar-refractivity contribution in [2.24, 2.45) is 0 Å². The molecule has 3 N–H and O–H groups in total. The number of hydrogen-bond acceptors (Lipinski definition) is 4. The maximum absolute atomic E-state index is 9.73. The monoisotopic (exact) mass is 227 g/mol. The van der Waals surface area contributed by atoms with E-state index >= 15 is 0 Å². The average molecular weight is 227 g/mol. The maximum Gasteiger partial charge on any atom is 0.146 e. The van der Waals surface area contributed by atoms with E-state index < -0.39 is 0 Å². The second-order valence-corrected chi connectivity index (χ2v) is 3.65. The second kappa shape index (κ2) is 3.48. The van der Waals surface area contributed by atoms with Crippen molar-refractivity contribution in [3.8, 4) is 22.9 Å². The molecular formula is C12H9N3O2. The third-order valence-corrected chi connectivity index (χ3v) is 2.54. The summed E-state index contributed by atoms with van der Waals surface area (Å²) in [6.07, 6.45) is 3.28. The third kappa shape index (κ3) is 1.48. The van der Waals surface area contributed by atoms with Crippen molar-refractivity contribution in [1.82, 2.24) is 15.0 Å². The number of aromatic hydroxyl groups is 2. The lowest BCUT2D eigenvalue weighted by Crippen LogP contribution is -1.82. The van der Waals surface area contributed by atoms with E-state index in [1.165, 1.54) is 12.1 Å². The number of phenols is 2. The normalized spacial score (nSPS) is 10.8. The summed E-state index contributed by atoms with van der Waals surface area (Å²) in [6.45, 7) is 0. The quantitative estimate of drug-likeness (QED) is 0.594. The molecule has 1 aromatic carbocycles. The Hall–Kier alpha value is -2.56. The molecule has 0 fully saturated rings. The van der Waals surface area contributed by atoms with Crippen LogP contribution in [0.2, 0.25) is 0 Å². The van der Waals surface area contributed by atoms with E-state index in [0.717, 1.165) is 11.0 Å². The van der Waals surface area contributed by atoms with E-state index in [2.05, 4.69) is 15.0 Å². The molecule has 0 radical (unpaired) electrons. The van der Waals surface area contributed by atoms with Crippen LogP contribution in [-0.4, -0.2) is 25.2 Å². The fourth-order valence-corrected chi connectivity index (χ4v) is 1.75. The van der Waals surface area contributed by atoms with Crippen molar-refractivity contribution >= 4 is 11.0 Å². The minimum atomic E-state index is -0.0167. The van der Waals surface area contributed by atoms with Crippen LogP contribution in [0.1, 0.15) is 0 Å². The lowest BCUT2D eigenvalue weighted by molar-refractivity contribution is 0.453. The van der Waals surface area contributed by atoms with Crippen molar-refractivity contribution in [2.75, 3.05) is 0 Å². The number of nitrogens with one attached hydrogen (secondary N) is 1. The van der Waals surface area contributed by atoms with Crippen LogP contribution in [0.3, 0.4) is 0 Å². The van der Waals surface area contributed by atoms with Gasteiger partial charge >= 0.3 is 0 Å². The number of imidazole rings is 1. The first-order valence-corrected chi connectivity index (χ1v) is 5.07. The Morgan fingerprint density at radius 3 is 2.53 bits per heavy atom. The molecule has 3 aromatic rings. The Morgan fingerprint density at radius 1 is 1.06 bits per heavy atom. The highest BCUT2D eigenvalue weighted by Gasteiger charge is 2.13. The minimum Gasteiger partial charge on any atom is -0.507 e. The summed E-state index contributed by atoms with van der Waals surface area (Å²) in [5.41, 5.74) is 1.78. The Bertz CT molecular complexity index is 638. The van der Waals surface area contributed by atoms with Crippen LogP contribution in [0.5, 0.6) is 11.5 Å². The Balaban J connectivity index is 2.27. The van der Waals surface area contributed by atoms with Crippen LogP contribution in [0.15, 0.2) is 36.7 Å². The molecule has 0 atom stereocenters. The Kier molecular flexibility index (Phi) is 1.98. The lowest BCUT2D eigenvalue weighted by atomic mass is 10.1. The van der Waals surface area contributed by atoms with Crippen LogP contribution in [0, 0.1) is 0 Å². The second-order valence-electron chi connectivity index (χ2n) is 3.65. The predicted molar refractivity (Wildman–Crippen MR) is 62.7 cm³/mol. The molecule has 0 unspecified atom stereocenters. The van der Waals surface area contributed by atoms with Gasteiger partial charge in [0.1, 0.15) is 22.9 Å². The predicted octanol–water partition coefficient (Wildman–Crippen LogP) is 2.04. The molecule has 0 aliphatic carbocycles. The number of nitrogens with zero attached hydrogens (tertiary/aromatic N) is 2. The fourth-order valence-electron chi connectivity index (χ4n) is 1.75. The van der Waals surface area contributed by atoms with Gasteiger partial charge in [-0.25, -0.2) is 4.98 Å². The molecule has 0 saturated carbocycles. The summed E-state index contributed by atoms with van der Waals surface area (Å²) in [4.78, 5) is 11.3. The largest absolute Gasteiger partial charge is 0.507 e. The molecule has 5 heteroatoms. The van der Waals surface area contributed by atoms with Gasteiger partial charge in [0.25, 0.3) is 0 Å². The molecule has 3 rings (SSSR count). The van der Waals surface area contributed by atoms with Crippen molar-refractivity contribution < 1.29 is 10.2 Å². The summed E-state index contributed by atoms with van der Waals surface area (Å²) in [7, 11) is 0. The molecule has 84 valence electrons. The van der Waals surface area contributed by atoms with Crippen molar-refractivity contribution in [1.29, 1.82) is 0 Å². The first kappa shape index (κ1) is 9.65. The van der Waals surface area contributed by atoms with Gasteiger partial charge in [-0.2, -0.15) is 0 Å². The first-order chi connectivity index (χ1) is 8.25. The molecule has 2 heterocycles. The van der Waals surface area contributed by atoms with Crippen LogP contribution >= 0.6 is 0 Å². The zero-order valence-electron chi connectivity index (χ0n) is 8.75. The summed E-state index contributed by atoms with van der Waals surface area (Å²) in [5.74, 6) is 0.387. The number of H-pyrrole nitrogens is 1. The highest BCUT2D eigenvalue weighted by molar-refractivity contribution is 5.81. The molecular weight excluding hydrogens is 218 g/mol. The van der Waals surface area contributed by atoms with Gasteiger partial charge < -0.3 is 15.2 Å². The van der Waals surface area contributed by atoms with E-state index in [9.17, 15) is 10.2 Å². The molecule has 5 nitrogen and oxygen atoms in total. The molecule has 0 aliphatic heterocycles. The Morgan fingerprint density at radius 2 is 1.82 bits per heavy atom. The number of aromatic amines is 1. The van der Waals surface area contributed by atoms with Gasteiger partial charge in [0.2, 0.25) is 0 Å². The van der Waals surface area contributed by atoms with Crippen LogP contribution < -0.4 is 0 Å². The molecule has 0 amide bonds. The zero-order valence-corrected chi connectivity index (χ0v) is 8.75. The van der Waals surface area contributed by atoms with Crippen molar-refractivity contribution in [3.63, 3.8) is 0 Å². The van der Waals surface area contributed by atoms with Crippen molar-refractivity contribution in [2.45, 2.75) is 0 Å². The zero-order chi connectivity index (χ0) is 11.8. The third-order valence-electron chi connectivity index (χ3n) is 2.54. The van der Waals surface area contributed by atoms with Crippen LogP contribution in [-0.2, 0) is 0 Å². The standard InChI is InChI=1S/C12H9N3O2/c16-9-2-1-3-10(17)11(9)12-14-7-4-5-13-6-8(7)15-12/h1-6,16-17H,(H,14,15). The molecule has 0 bridgehead atoms. The van der Waals surface area contributed by atoms with Gasteiger partial charge in [0, 0.05) is 6.20 Å². The topological polar surface area (TPSA) is 82.0 Å². The van der Waals surface area contributed by atoms with Crippen molar-refractivity contribution in [3.05, 3.63) is 36.7 Å². The number of benzene rings is 1. The van der Waals surface area contributed by atoms with Gasteiger partial charge in [-0.1, -0.05) is 6.07 Å². The first-order valence-electron chi connectivity index (χ1n) is 5.07. The van der Waals surface area contributed by atoms with E-state index in [0.29, 0.717) is 11.4 Å². The van der Waals surface area contributed by atoms with Crippen LogP contribution in [0.4, 0.5) is 0 Å². The van der Waals surface area contributed by atoms with Gasteiger partial charge in [-0.05, 0) is 18.2 Å². The van der Waals surface area contributed by atoms with Gasteiger partial charge in [-0.3, -0.25) is 4.98 Å². The number of phenolic OH excluding ortho intramolecular Hbond substituents is 2. The highest BCUT2D eigenvalue weighted by atomic mass is 16.3. The maximum atomic E-state index is 9.73. The SMILES string of the molecule is Oc1cccc(O)c1-c1nc2ccncc2[nH]1. The number of aromatic nitrogens is 3. The summed E-state index contributed by atoms with van der Waals surface area (Å²) in [5, 5.41) is 19.5. The van der Waals surface area contributed by atoms with E-state index in [-0.39, 0.29) is 11.5 Å². The summed E-state index contributed by atoms with van der Waals surface area (Å²) >= 11 is 0. The number of fused-ring (bicyclic) bond motifs is 1. The van der Waals surface area contributed by atoms with Crippen LogP contribution in [0.25, 0.3) is 22.4 Å². The smallest absolute Gasteiger partial charge is 0.146 e. The lowest BCUT2D eigenvalue weighted by Gasteiger charge is -2.02. The molecule has 2 aromatic heterocycles. The Labute approximate surface area is 96.4 Å². The fraction of sp³-hybridized carbons (Fsp3) is 0. The molecule has 0 saturated heterocycles. The number of pyridine rings is 1. The van der Waals surface area contributed by atoms with Gasteiger partial charge in [0.05, 0.1) is 17.2 Å². The molecule has 0 spiro atoms. The van der Waals surface area contributed by atoms with E-state index in [1.807, 2.05) is 0 Å². The minimum absolute atomic E-state index is 0.0167. The summed E-state index contributed by atoms with van der Waals surface area (Å²) in [6, 6.07) is 6.33. The van der Waals surface area contributed by atoms with Gasteiger partial charge in [0.15, 0.2) is 0 Å². The molecule has 0 aliphatic rings.